The predicted octanol–water partition coefficient (Wildman–Crippen LogP) is 0.0333. The lowest BCUT2D eigenvalue weighted by molar-refractivity contribution is -0.958. The highest BCUT2D eigenvalue weighted by molar-refractivity contribution is 7.15. The molecule has 0 spiro atoms. The van der Waals surface area contributed by atoms with Crippen LogP contribution in [0.25, 0.3) is 16.2 Å². The number of nitrogens with zero attached hydrogens (tertiary/aromatic N) is 2. The minimum Gasteiger partial charge on any atom is -0.497 e. The molecule has 1 aliphatic rings. The number of imidazole rings is 1. The van der Waals surface area contributed by atoms with Gasteiger partial charge in [-0.15, -0.1) is 11.3 Å². The highest BCUT2D eigenvalue weighted by atomic mass is 32.1. The Labute approximate surface area is 139 Å². The molecule has 1 saturated heterocycles. The van der Waals surface area contributed by atoms with Crippen molar-refractivity contribution in [2.45, 2.75) is 6.54 Å². The highest BCUT2D eigenvalue weighted by Crippen LogP contribution is 2.28. The first-order valence-electron chi connectivity index (χ1n) is 8.09. The van der Waals surface area contributed by atoms with Crippen molar-refractivity contribution < 1.29 is 15.0 Å². The summed E-state index contributed by atoms with van der Waals surface area (Å²) < 4.78 is 7.64. The third-order valence-corrected chi connectivity index (χ3v) is 5.28. The van der Waals surface area contributed by atoms with Crippen LogP contribution >= 0.6 is 11.3 Å². The molecule has 0 radical (unpaired) electrons. The number of methoxy groups -OCH3 is 1. The fraction of sp³-hybridized carbons (Fsp3) is 0.353. The molecule has 0 saturated carbocycles. The first-order chi connectivity index (χ1) is 11.3. The lowest BCUT2D eigenvalue weighted by Gasteiger charge is -2.22. The maximum absolute atomic E-state index is 5.38. The molecule has 0 atom stereocenters. The number of quaternary nitrogens is 2. The van der Waals surface area contributed by atoms with Crippen LogP contribution in [-0.2, 0) is 6.54 Å². The van der Waals surface area contributed by atoms with E-state index in [0.717, 1.165) is 28.5 Å². The van der Waals surface area contributed by atoms with Crippen LogP contribution in [0.2, 0.25) is 0 Å². The number of fused-ring (bicyclic) bond motifs is 1. The number of nitrogens with one attached hydrogen (secondary N) is 1. The Bertz CT molecular complexity index is 804. The monoisotopic (exact) mass is 330 g/mol. The average Bonchev–Trinajstić information content (AvgIpc) is 3.19. The van der Waals surface area contributed by atoms with Gasteiger partial charge in [-0.05, 0) is 12.1 Å². The van der Waals surface area contributed by atoms with E-state index in [4.69, 9.17) is 9.72 Å². The summed E-state index contributed by atoms with van der Waals surface area (Å²) in [6.07, 6.45) is 2.14. The summed E-state index contributed by atoms with van der Waals surface area (Å²) in [5.41, 5.74) is 3.54. The van der Waals surface area contributed by atoms with Crippen molar-refractivity contribution in [2.75, 3.05) is 33.3 Å². The molecule has 0 unspecified atom stereocenters. The molecule has 1 aliphatic heterocycles. The van der Waals surface area contributed by atoms with Crippen molar-refractivity contribution in [1.82, 2.24) is 9.38 Å². The molecule has 120 valence electrons. The summed E-state index contributed by atoms with van der Waals surface area (Å²) in [4.78, 5) is 7.60. The number of benzene rings is 1. The van der Waals surface area contributed by atoms with Crippen molar-refractivity contribution in [3.05, 3.63) is 41.5 Å². The summed E-state index contributed by atoms with van der Waals surface area (Å²) in [5, 5.41) is 4.52. The van der Waals surface area contributed by atoms with Crippen LogP contribution in [0.1, 0.15) is 5.69 Å². The molecule has 5 nitrogen and oxygen atoms in total. The number of thiazole rings is 1. The molecule has 0 bridgehead atoms. The van der Waals surface area contributed by atoms with Gasteiger partial charge in [0.1, 0.15) is 44.2 Å². The largest absolute Gasteiger partial charge is 0.497 e. The second kappa shape index (κ2) is 6.31. The van der Waals surface area contributed by atoms with E-state index in [1.807, 2.05) is 12.1 Å². The molecule has 6 heteroatoms. The lowest BCUT2D eigenvalue weighted by Crippen LogP contribution is -3.19. The lowest BCUT2D eigenvalue weighted by atomic mass is 10.1. The van der Waals surface area contributed by atoms with Crippen molar-refractivity contribution in [2.24, 2.45) is 0 Å². The van der Waals surface area contributed by atoms with Crippen LogP contribution in [0.4, 0.5) is 0 Å². The first-order valence-corrected chi connectivity index (χ1v) is 8.97. The van der Waals surface area contributed by atoms with E-state index < -0.39 is 0 Å². The van der Waals surface area contributed by atoms with Gasteiger partial charge in [0.25, 0.3) is 0 Å². The maximum Gasteiger partial charge on any atom is 0.194 e. The molecule has 0 amide bonds. The zero-order chi connectivity index (χ0) is 15.6. The van der Waals surface area contributed by atoms with E-state index >= 15 is 0 Å². The molecule has 4 rings (SSSR count). The normalized spacial score (nSPS) is 16.0. The number of rotatable bonds is 4. The molecule has 2 aromatic heterocycles. The summed E-state index contributed by atoms with van der Waals surface area (Å²) in [7, 11) is 1.71. The zero-order valence-corrected chi connectivity index (χ0v) is 14.1. The van der Waals surface area contributed by atoms with Gasteiger partial charge in [-0.3, -0.25) is 4.40 Å². The van der Waals surface area contributed by atoms with Crippen LogP contribution in [0.5, 0.6) is 5.75 Å². The van der Waals surface area contributed by atoms with E-state index in [1.165, 1.54) is 31.9 Å². The number of nitrogens with two attached hydrogens (primary N) is 1. The summed E-state index contributed by atoms with van der Waals surface area (Å²) in [6.45, 7) is 5.90. The van der Waals surface area contributed by atoms with Crippen molar-refractivity contribution >= 4 is 16.3 Å². The standard InChI is InChI=1S/C17H20N4OS/c1-22-14-4-2-3-13(11-14)16-15(12-20-7-5-18-6-8-20)21-9-10-23-17(21)19-16/h2-4,9-11,18H,5-8,12H2,1H3/p+2. The number of hydrogen-bond acceptors (Lipinski definition) is 3. The molecule has 23 heavy (non-hydrogen) atoms. The van der Waals surface area contributed by atoms with E-state index in [9.17, 15) is 0 Å². The number of ether oxygens (including phenoxy) is 1. The summed E-state index contributed by atoms with van der Waals surface area (Å²) in [5.74, 6) is 0.879. The number of hydrogen-bond donors (Lipinski definition) is 2. The van der Waals surface area contributed by atoms with Gasteiger partial charge < -0.3 is 15.0 Å². The SMILES string of the molecule is COc1cccc(-c2nc3sccn3c2C[NH+]2CC[NH2+]CC2)c1. The quantitative estimate of drug-likeness (QED) is 0.709. The van der Waals surface area contributed by atoms with Gasteiger partial charge in [-0.1, -0.05) is 12.1 Å². The molecule has 3 heterocycles. The first kappa shape index (κ1) is 14.7. The molecular formula is C17H22N4OS+2. The maximum atomic E-state index is 5.38. The Balaban J connectivity index is 1.75. The Hall–Kier alpha value is -1.89. The fourth-order valence-corrected chi connectivity index (χ4v) is 4.03. The van der Waals surface area contributed by atoms with Crippen LogP contribution in [-0.4, -0.2) is 42.7 Å². The number of piperazine rings is 1. The van der Waals surface area contributed by atoms with Crippen LogP contribution < -0.4 is 15.0 Å². The van der Waals surface area contributed by atoms with E-state index in [2.05, 4.69) is 33.4 Å². The van der Waals surface area contributed by atoms with E-state index in [0.29, 0.717) is 0 Å². The van der Waals surface area contributed by atoms with Crippen LogP contribution in [0, 0.1) is 0 Å². The Morgan fingerprint density at radius 1 is 1.35 bits per heavy atom. The molecular weight excluding hydrogens is 308 g/mol. The van der Waals surface area contributed by atoms with Gasteiger partial charge >= 0.3 is 0 Å². The topological polar surface area (TPSA) is 47.6 Å². The molecule has 3 N–H and O–H groups in total. The van der Waals surface area contributed by atoms with Crippen molar-refractivity contribution in [1.29, 1.82) is 0 Å². The third kappa shape index (κ3) is 2.85. The summed E-state index contributed by atoms with van der Waals surface area (Å²) in [6, 6.07) is 8.22. The molecule has 0 aliphatic carbocycles. The van der Waals surface area contributed by atoms with Gasteiger partial charge in [0.05, 0.1) is 12.8 Å². The van der Waals surface area contributed by atoms with Crippen LogP contribution in [0.3, 0.4) is 0 Å². The van der Waals surface area contributed by atoms with Crippen molar-refractivity contribution in [3.63, 3.8) is 0 Å². The van der Waals surface area contributed by atoms with Gasteiger partial charge in [0.2, 0.25) is 0 Å². The summed E-state index contributed by atoms with van der Waals surface area (Å²) >= 11 is 1.69. The molecule has 1 fully saturated rings. The van der Waals surface area contributed by atoms with Gasteiger partial charge in [-0.2, -0.15) is 0 Å². The predicted molar refractivity (Wildman–Crippen MR) is 91.1 cm³/mol. The minimum atomic E-state index is 0.879. The van der Waals surface area contributed by atoms with Crippen LogP contribution in [0.15, 0.2) is 35.8 Å². The third-order valence-electron chi connectivity index (χ3n) is 4.53. The smallest absolute Gasteiger partial charge is 0.194 e. The van der Waals surface area contributed by atoms with Gasteiger partial charge in [0, 0.05) is 17.1 Å². The van der Waals surface area contributed by atoms with E-state index in [1.54, 1.807) is 23.3 Å². The Morgan fingerprint density at radius 3 is 3.04 bits per heavy atom. The van der Waals surface area contributed by atoms with E-state index in [-0.39, 0.29) is 0 Å². The minimum absolute atomic E-state index is 0.879. The molecule has 3 aromatic rings. The van der Waals surface area contributed by atoms with Gasteiger partial charge in [-0.25, -0.2) is 4.98 Å². The second-order valence-electron chi connectivity index (χ2n) is 5.99. The van der Waals surface area contributed by atoms with Crippen molar-refractivity contribution in [3.8, 4) is 17.0 Å². The fourth-order valence-electron chi connectivity index (χ4n) is 3.30. The highest BCUT2D eigenvalue weighted by Gasteiger charge is 2.22. The number of aromatic nitrogens is 2. The average molecular weight is 330 g/mol. The Morgan fingerprint density at radius 2 is 2.22 bits per heavy atom. The second-order valence-corrected chi connectivity index (χ2v) is 6.86. The zero-order valence-electron chi connectivity index (χ0n) is 13.3. The van der Waals surface area contributed by atoms with Gasteiger partial charge in [0.15, 0.2) is 4.96 Å². The molecule has 1 aromatic carbocycles. The Kier molecular flexibility index (Phi) is 4.03.